The first-order chi connectivity index (χ1) is 11.2. The Morgan fingerprint density at radius 3 is 2.65 bits per heavy atom. The summed E-state index contributed by atoms with van der Waals surface area (Å²) in [7, 11) is 0. The summed E-state index contributed by atoms with van der Waals surface area (Å²) < 4.78 is 0. The van der Waals surface area contributed by atoms with Gasteiger partial charge in [0.1, 0.15) is 0 Å². The van der Waals surface area contributed by atoms with Gasteiger partial charge in [-0.15, -0.1) is 0 Å². The molecule has 7 heteroatoms. The van der Waals surface area contributed by atoms with Crippen LogP contribution in [0.15, 0.2) is 35.6 Å². The SMILES string of the molecule is O=C(CCCCCC(=O)N/N=C/c1c[nH]c2ccccc12)NO. The van der Waals surface area contributed by atoms with E-state index in [0.29, 0.717) is 19.3 Å². The molecule has 1 heterocycles. The molecule has 0 radical (unpaired) electrons. The van der Waals surface area contributed by atoms with Gasteiger partial charge in [-0.05, 0) is 18.9 Å². The van der Waals surface area contributed by atoms with Gasteiger partial charge >= 0.3 is 0 Å². The monoisotopic (exact) mass is 316 g/mol. The van der Waals surface area contributed by atoms with Gasteiger partial charge in [-0.1, -0.05) is 24.6 Å². The number of carbonyl (C=O) groups excluding carboxylic acids is 2. The van der Waals surface area contributed by atoms with E-state index in [1.807, 2.05) is 30.5 Å². The third-order valence-corrected chi connectivity index (χ3v) is 3.45. The number of H-pyrrole nitrogens is 1. The minimum atomic E-state index is -0.405. The van der Waals surface area contributed by atoms with Gasteiger partial charge in [-0.2, -0.15) is 5.10 Å². The predicted octanol–water partition coefficient (Wildman–Crippen LogP) is 2.07. The summed E-state index contributed by atoms with van der Waals surface area (Å²) in [5, 5.41) is 13.4. The molecule has 0 atom stereocenters. The average Bonchev–Trinajstić information content (AvgIpc) is 2.97. The number of hydrazone groups is 1. The van der Waals surface area contributed by atoms with E-state index >= 15 is 0 Å². The summed E-state index contributed by atoms with van der Waals surface area (Å²) in [6.07, 6.45) is 6.12. The maximum absolute atomic E-state index is 11.6. The molecule has 0 saturated carbocycles. The molecule has 4 N–H and O–H groups in total. The van der Waals surface area contributed by atoms with E-state index in [9.17, 15) is 9.59 Å². The third-order valence-electron chi connectivity index (χ3n) is 3.45. The smallest absolute Gasteiger partial charge is 0.243 e. The summed E-state index contributed by atoms with van der Waals surface area (Å²) >= 11 is 0. The van der Waals surface area contributed by atoms with Crippen LogP contribution in [-0.2, 0) is 9.59 Å². The molecular formula is C16H20N4O3. The Kier molecular flexibility index (Phi) is 6.31. The van der Waals surface area contributed by atoms with Gasteiger partial charge in [-0.3, -0.25) is 14.8 Å². The van der Waals surface area contributed by atoms with Crippen molar-refractivity contribution in [3.05, 3.63) is 36.0 Å². The lowest BCUT2D eigenvalue weighted by molar-refractivity contribution is -0.129. The molecule has 0 fully saturated rings. The summed E-state index contributed by atoms with van der Waals surface area (Å²) in [4.78, 5) is 25.6. The minimum absolute atomic E-state index is 0.160. The summed E-state index contributed by atoms with van der Waals surface area (Å²) in [6, 6.07) is 7.86. The zero-order valence-corrected chi connectivity index (χ0v) is 12.7. The number of hydroxylamine groups is 1. The highest BCUT2D eigenvalue weighted by atomic mass is 16.5. The van der Waals surface area contributed by atoms with Crippen LogP contribution in [0.4, 0.5) is 0 Å². The van der Waals surface area contributed by atoms with E-state index in [0.717, 1.165) is 22.9 Å². The van der Waals surface area contributed by atoms with Crippen LogP contribution in [0.25, 0.3) is 10.9 Å². The van der Waals surface area contributed by atoms with Crippen LogP contribution < -0.4 is 10.9 Å². The molecule has 0 bridgehead atoms. The first-order valence-corrected chi connectivity index (χ1v) is 7.51. The van der Waals surface area contributed by atoms with Crippen LogP contribution in [0.2, 0.25) is 0 Å². The number of nitrogens with one attached hydrogen (secondary N) is 3. The first kappa shape index (κ1) is 16.7. The van der Waals surface area contributed by atoms with E-state index in [1.54, 1.807) is 11.7 Å². The number of aromatic amines is 1. The molecule has 7 nitrogen and oxygen atoms in total. The number of hydrogen-bond acceptors (Lipinski definition) is 4. The average molecular weight is 316 g/mol. The number of benzene rings is 1. The fraction of sp³-hybridized carbons (Fsp3) is 0.312. The van der Waals surface area contributed by atoms with Crippen molar-refractivity contribution < 1.29 is 14.8 Å². The van der Waals surface area contributed by atoms with Crippen LogP contribution in [0.3, 0.4) is 0 Å². The molecule has 0 saturated heterocycles. The highest BCUT2D eigenvalue weighted by Gasteiger charge is 2.03. The van der Waals surface area contributed by atoms with Crippen molar-refractivity contribution in [3.8, 4) is 0 Å². The molecule has 0 aliphatic carbocycles. The van der Waals surface area contributed by atoms with E-state index < -0.39 is 5.91 Å². The van der Waals surface area contributed by atoms with Gasteiger partial charge < -0.3 is 4.98 Å². The first-order valence-electron chi connectivity index (χ1n) is 7.51. The number of nitrogens with zero attached hydrogens (tertiary/aromatic N) is 1. The Morgan fingerprint density at radius 1 is 1.13 bits per heavy atom. The molecule has 0 aliphatic rings. The quantitative estimate of drug-likeness (QED) is 0.259. The standard InChI is InChI=1S/C16H20N4O3/c21-15(8-2-1-3-9-16(22)20-23)19-18-11-12-10-17-14-7-5-4-6-13(12)14/h4-7,10-11,17,23H,1-3,8-9H2,(H,19,21)(H,20,22)/b18-11+. The van der Waals surface area contributed by atoms with Crippen molar-refractivity contribution in [2.75, 3.05) is 0 Å². The lowest BCUT2D eigenvalue weighted by Crippen LogP contribution is -2.18. The third kappa shape index (κ3) is 5.23. The Bertz CT molecular complexity index is 693. The second kappa shape index (κ2) is 8.70. The number of rotatable bonds is 8. The van der Waals surface area contributed by atoms with Gasteiger partial charge in [0.25, 0.3) is 0 Å². The van der Waals surface area contributed by atoms with Crippen LogP contribution in [0, 0.1) is 0 Å². The lowest BCUT2D eigenvalue weighted by Gasteiger charge is -2.00. The van der Waals surface area contributed by atoms with Crippen molar-refractivity contribution in [2.24, 2.45) is 5.10 Å². The summed E-state index contributed by atoms with van der Waals surface area (Å²) in [6.45, 7) is 0. The largest absolute Gasteiger partial charge is 0.361 e. The van der Waals surface area contributed by atoms with Crippen LogP contribution in [-0.4, -0.2) is 28.2 Å². The maximum Gasteiger partial charge on any atom is 0.243 e. The molecule has 1 aromatic heterocycles. The zero-order valence-electron chi connectivity index (χ0n) is 12.7. The highest BCUT2D eigenvalue weighted by Crippen LogP contribution is 2.15. The van der Waals surface area contributed by atoms with Gasteiger partial charge in [-0.25, -0.2) is 10.9 Å². The Labute approximate surface area is 133 Å². The summed E-state index contributed by atoms with van der Waals surface area (Å²) in [5.74, 6) is -0.564. The molecule has 2 rings (SSSR count). The number of carbonyl (C=O) groups is 2. The Balaban J connectivity index is 1.69. The van der Waals surface area contributed by atoms with E-state index in [2.05, 4.69) is 15.5 Å². The van der Waals surface area contributed by atoms with Gasteiger partial charge in [0, 0.05) is 35.5 Å². The zero-order chi connectivity index (χ0) is 16.5. The minimum Gasteiger partial charge on any atom is -0.361 e. The lowest BCUT2D eigenvalue weighted by atomic mass is 10.1. The van der Waals surface area contributed by atoms with Crippen molar-refractivity contribution >= 4 is 28.9 Å². The Morgan fingerprint density at radius 2 is 1.87 bits per heavy atom. The molecule has 2 aromatic rings. The van der Waals surface area contributed by atoms with Crippen LogP contribution in [0.1, 0.15) is 37.7 Å². The summed E-state index contributed by atoms with van der Waals surface area (Å²) in [5.41, 5.74) is 6.01. The van der Waals surface area contributed by atoms with Crippen molar-refractivity contribution in [3.63, 3.8) is 0 Å². The normalized spacial score (nSPS) is 11.0. The maximum atomic E-state index is 11.6. The van der Waals surface area contributed by atoms with Crippen molar-refractivity contribution in [1.82, 2.24) is 15.9 Å². The van der Waals surface area contributed by atoms with Crippen LogP contribution >= 0.6 is 0 Å². The molecule has 23 heavy (non-hydrogen) atoms. The van der Waals surface area contributed by atoms with E-state index in [-0.39, 0.29) is 12.3 Å². The number of aromatic nitrogens is 1. The number of unbranched alkanes of at least 4 members (excludes halogenated alkanes) is 2. The van der Waals surface area contributed by atoms with Gasteiger partial charge in [0.05, 0.1) is 6.21 Å². The van der Waals surface area contributed by atoms with Crippen molar-refractivity contribution in [2.45, 2.75) is 32.1 Å². The molecule has 2 amide bonds. The second-order valence-corrected chi connectivity index (χ2v) is 5.18. The van der Waals surface area contributed by atoms with Gasteiger partial charge in [0.2, 0.25) is 11.8 Å². The second-order valence-electron chi connectivity index (χ2n) is 5.18. The van der Waals surface area contributed by atoms with Crippen molar-refractivity contribution in [1.29, 1.82) is 0 Å². The van der Waals surface area contributed by atoms with E-state index in [4.69, 9.17) is 5.21 Å². The Hall–Kier alpha value is -2.67. The number of fused-ring (bicyclic) bond motifs is 1. The number of para-hydroxylation sites is 1. The fourth-order valence-corrected chi connectivity index (χ4v) is 2.23. The molecule has 122 valence electrons. The molecular weight excluding hydrogens is 296 g/mol. The number of amides is 2. The molecule has 0 spiro atoms. The molecule has 0 unspecified atom stereocenters. The molecule has 1 aromatic carbocycles. The number of hydrogen-bond donors (Lipinski definition) is 4. The highest BCUT2D eigenvalue weighted by molar-refractivity contribution is 5.99. The fourth-order valence-electron chi connectivity index (χ4n) is 2.23. The van der Waals surface area contributed by atoms with E-state index in [1.165, 1.54) is 0 Å². The topological polar surface area (TPSA) is 107 Å². The van der Waals surface area contributed by atoms with Crippen LogP contribution in [0.5, 0.6) is 0 Å². The van der Waals surface area contributed by atoms with Gasteiger partial charge in [0.15, 0.2) is 0 Å². The predicted molar refractivity (Wildman–Crippen MR) is 87.0 cm³/mol. The molecule has 0 aliphatic heterocycles.